The SMILES string of the molecule is Cc1ccc(CC(=O)OCC(=O)Nc2cc(F)ccc2Cl)cc1. The number of benzene rings is 2. The van der Waals surface area contributed by atoms with E-state index in [0.717, 1.165) is 17.2 Å². The zero-order valence-corrected chi connectivity index (χ0v) is 13.2. The molecule has 0 unspecified atom stereocenters. The van der Waals surface area contributed by atoms with Crippen molar-refractivity contribution in [3.63, 3.8) is 0 Å². The fraction of sp³-hybridized carbons (Fsp3) is 0.176. The highest BCUT2D eigenvalue weighted by Gasteiger charge is 2.11. The zero-order valence-electron chi connectivity index (χ0n) is 12.4. The standard InChI is InChI=1S/C17H15ClFNO3/c1-11-2-4-12(5-3-11)8-17(22)23-10-16(21)20-15-9-13(19)6-7-14(15)18/h2-7,9H,8,10H2,1H3,(H,20,21). The van der Waals surface area contributed by atoms with Crippen LogP contribution >= 0.6 is 11.6 Å². The maximum Gasteiger partial charge on any atom is 0.310 e. The molecule has 0 aromatic heterocycles. The van der Waals surface area contributed by atoms with E-state index in [0.29, 0.717) is 0 Å². The number of carbonyl (C=O) groups excluding carboxylic acids is 2. The molecular formula is C17H15ClFNO3. The van der Waals surface area contributed by atoms with E-state index in [2.05, 4.69) is 5.32 Å². The third-order valence-electron chi connectivity index (χ3n) is 3.04. The topological polar surface area (TPSA) is 55.4 Å². The van der Waals surface area contributed by atoms with Gasteiger partial charge >= 0.3 is 5.97 Å². The predicted octanol–water partition coefficient (Wildman–Crippen LogP) is 3.51. The monoisotopic (exact) mass is 335 g/mol. The molecule has 0 saturated carbocycles. The number of amides is 1. The number of halogens is 2. The first kappa shape index (κ1) is 17.0. The van der Waals surface area contributed by atoms with Gasteiger partial charge in [0.25, 0.3) is 5.91 Å². The largest absolute Gasteiger partial charge is 0.455 e. The first-order valence-corrected chi connectivity index (χ1v) is 7.28. The number of hydrogen-bond donors (Lipinski definition) is 1. The molecule has 0 aliphatic rings. The Morgan fingerprint density at radius 2 is 1.87 bits per heavy atom. The van der Waals surface area contributed by atoms with E-state index in [1.165, 1.54) is 12.1 Å². The van der Waals surface area contributed by atoms with Gasteiger partial charge in [0.1, 0.15) is 5.82 Å². The molecule has 0 fully saturated rings. The Morgan fingerprint density at radius 3 is 2.57 bits per heavy atom. The molecule has 0 radical (unpaired) electrons. The fourth-order valence-corrected chi connectivity index (χ4v) is 2.01. The van der Waals surface area contributed by atoms with Gasteiger partial charge in [0.05, 0.1) is 17.1 Å². The molecule has 2 rings (SSSR count). The van der Waals surface area contributed by atoms with Crippen LogP contribution in [0.4, 0.5) is 10.1 Å². The lowest BCUT2D eigenvalue weighted by Gasteiger charge is -2.08. The van der Waals surface area contributed by atoms with E-state index in [9.17, 15) is 14.0 Å². The second kappa shape index (κ2) is 7.74. The third kappa shape index (κ3) is 5.38. The van der Waals surface area contributed by atoms with Crippen LogP contribution in [0.2, 0.25) is 5.02 Å². The van der Waals surface area contributed by atoms with Gasteiger partial charge in [-0.15, -0.1) is 0 Å². The molecule has 23 heavy (non-hydrogen) atoms. The second-order valence-electron chi connectivity index (χ2n) is 5.00. The lowest BCUT2D eigenvalue weighted by molar-refractivity contribution is -0.146. The van der Waals surface area contributed by atoms with Gasteiger partial charge in [0.15, 0.2) is 6.61 Å². The summed E-state index contributed by atoms with van der Waals surface area (Å²) in [6.45, 7) is 1.49. The van der Waals surface area contributed by atoms with Gasteiger partial charge < -0.3 is 10.1 Å². The van der Waals surface area contributed by atoms with E-state index < -0.39 is 24.3 Å². The lowest BCUT2D eigenvalue weighted by atomic mass is 10.1. The summed E-state index contributed by atoms with van der Waals surface area (Å²) in [5.74, 6) is -1.63. The molecule has 6 heteroatoms. The Balaban J connectivity index is 1.83. The molecule has 0 saturated heterocycles. The first-order chi connectivity index (χ1) is 10.9. The van der Waals surface area contributed by atoms with Gasteiger partial charge in [-0.3, -0.25) is 9.59 Å². The van der Waals surface area contributed by atoms with Crippen molar-refractivity contribution in [1.82, 2.24) is 0 Å². The van der Waals surface area contributed by atoms with Gasteiger partial charge in [-0.2, -0.15) is 0 Å². The molecule has 0 aliphatic heterocycles. The molecule has 120 valence electrons. The molecule has 2 aromatic carbocycles. The molecule has 0 atom stereocenters. The molecule has 1 amide bonds. The average Bonchev–Trinajstić information content (AvgIpc) is 2.51. The Hall–Kier alpha value is -2.40. The number of carbonyl (C=O) groups is 2. The van der Waals surface area contributed by atoms with Crippen LogP contribution in [0.25, 0.3) is 0 Å². The number of rotatable bonds is 5. The Bertz CT molecular complexity index is 716. The van der Waals surface area contributed by atoms with Crippen molar-refractivity contribution in [2.45, 2.75) is 13.3 Å². The van der Waals surface area contributed by atoms with Gasteiger partial charge in [0.2, 0.25) is 0 Å². The minimum atomic E-state index is -0.588. The number of esters is 1. The Labute approximate surface area is 138 Å². The average molecular weight is 336 g/mol. The summed E-state index contributed by atoms with van der Waals surface area (Å²) in [5.41, 5.74) is 2.02. The Morgan fingerprint density at radius 1 is 1.17 bits per heavy atom. The molecule has 0 bridgehead atoms. The normalized spacial score (nSPS) is 10.2. The van der Waals surface area contributed by atoms with E-state index in [1.807, 2.05) is 31.2 Å². The number of ether oxygens (including phenoxy) is 1. The van der Waals surface area contributed by atoms with Crippen LogP contribution in [0.5, 0.6) is 0 Å². The van der Waals surface area contributed by atoms with Crippen molar-refractivity contribution in [3.8, 4) is 0 Å². The molecule has 0 aliphatic carbocycles. The summed E-state index contributed by atoms with van der Waals surface area (Å²) in [7, 11) is 0. The van der Waals surface area contributed by atoms with E-state index in [4.69, 9.17) is 16.3 Å². The number of hydrogen-bond acceptors (Lipinski definition) is 3. The van der Waals surface area contributed by atoms with Crippen LogP contribution in [0, 0.1) is 12.7 Å². The first-order valence-electron chi connectivity index (χ1n) is 6.90. The van der Waals surface area contributed by atoms with Crippen molar-refractivity contribution in [3.05, 3.63) is 64.4 Å². The number of nitrogens with one attached hydrogen (secondary N) is 1. The highest BCUT2D eigenvalue weighted by atomic mass is 35.5. The molecule has 1 N–H and O–H groups in total. The van der Waals surface area contributed by atoms with Crippen LogP contribution < -0.4 is 5.32 Å². The molecule has 2 aromatic rings. The maximum absolute atomic E-state index is 13.1. The fourth-order valence-electron chi connectivity index (χ4n) is 1.85. The van der Waals surface area contributed by atoms with Crippen LogP contribution in [0.3, 0.4) is 0 Å². The van der Waals surface area contributed by atoms with Gasteiger partial charge in [-0.1, -0.05) is 41.4 Å². The van der Waals surface area contributed by atoms with Gasteiger partial charge in [-0.05, 0) is 30.7 Å². The minimum absolute atomic E-state index is 0.0777. The quantitative estimate of drug-likeness (QED) is 0.851. The second-order valence-corrected chi connectivity index (χ2v) is 5.40. The van der Waals surface area contributed by atoms with Crippen LogP contribution in [-0.2, 0) is 20.7 Å². The van der Waals surface area contributed by atoms with Crippen molar-refractivity contribution in [1.29, 1.82) is 0 Å². The van der Waals surface area contributed by atoms with E-state index in [1.54, 1.807) is 0 Å². The van der Waals surface area contributed by atoms with Crippen molar-refractivity contribution < 1.29 is 18.7 Å². The summed E-state index contributed by atoms with van der Waals surface area (Å²) in [5, 5.41) is 2.59. The molecule has 0 heterocycles. The molecular weight excluding hydrogens is 321 g/mol. The summed E-state index contributed by atoms with van der Waals surface area (Å²) in [6.07, 6.45) is 0.0777. The summed E-state index contributed by atoms with van der Waals surface area (Å²) in [6, 6.07) is 11.0. The van der Waals surface area contributed by atoms with Crippen LogP contribution in [0.15, 0.2) is 42.5 Å². The Kier molecular flexibility index (Phi) is 5.71. The minimum Gasteiger partial charge on any atom is -0.455 e. The third-order valence-corrected chi connectivity index (χ3v) is 3.37. The summed E-state index contributed by atoms with van der Waals surface area (Å²) >= 11 is 5.83. The number of anilines is 1. The molecule has 4 nitrogen and oxygen atoms in total. The van der Waals surface area contributed by atoms with Crippen molar-refractivity contribution >= 4 is 29.2 Å². The van der Waals surface area contributed by atoms with Crippen LogP contribution in [-0.4, -0.2) is 18.5 Å². The van der Waals surface area contributed by atoms with E-state index in [-0.39, 0.29) is 17.1 Å². The summed E-state index contributed by atoms with van der Waals surface area (Å²) in [4.78, 5) is 23.4. The van der Waals surface area contributed by atoms with E-state index >= 15 is 0 Å². The predicted molar refractivity (Wildman–Crippen MR) is 85.9 cm³/mol. The zero-order chi connectivity index (χ0) is 16.8. The van der Waals surface area contributed by atoms with Crippen molar-refractivity contribution in [2.75, 3.05) is 11.9 Å². The van der Waals surface area contributed by atoms with Gasteiger partial charge in [-0.25, -0.2) is 4.39 Å². The highest BCUT2D eigenvalue weighted by Crippen LogP contribution is 2.22. The van der Waals surface area contributed by atoms with Gasteiger partial charge in [0, 0.05) is 0 Å². The summed E-state index contributed by atoms with van der Waals surface area (Å²) < 4.78 is 18.0. The van der Waals surface area contributed by atoms with Crippen LogP contribution in [0.1, 0.15) is 11.1 Å². The molecule has 0 spiro atoms. The smallest absolute Gasteiger partial charge is 0.310 e. The number of aryl methyl sites for hydroxylation is 1. The lowest BCUT2D eigenvalue weighted by Crippen LogP contribution is -2.21. The highest BCUT2D eigenvalue weighted by molar-refractivity contribution is 6.33. The van der Waals surface area contributed by atoms with Crippen molar-refractivity contribution in [2.24, 2.45) is 0 Å². The maximum atomic E-state index is 13.1.